The number of aryl methyl sites for hydroxylation is 2. The Hall–Kier alpha value is -1.65. The Morgan fingerprint density at radius 3 is 2.36 bits per heavy atom. The van der Waals surface area contributed by atoms with Crippen LogP contribution in [0.2, 0.25) is 0 Å². The van der Waals surface area contributed by atoms with Crippen LogP contribution in [0, 0.1) is 13.8 Å². The minimum atomic E-state index is 0.107. The van der Waals surface area contributed by atoms with E-state index in [9.17, 15) is 0 Å². The monoisotopic (exact) mass is 301 g/mol. The average Bonchev–Trinajstić information content (AvgIpc) is 2.82. The molecule has 2 rings (SSSR count). The van der Waals surface area contributed by atoms with Gasteiger partial charge >= 0.3 is 0 Å². The third-order valence-electron chi connectivity index (χ3n) is 4.24. The predicted molar refractivity (Wildman–Crippen MR) is 89.9 cm³/mol. The summed E-state index contributed by atoms with van der Waals surface area (Å²) in [5.41, 5.74) is 5.94. The van der Waals surface area contributed by atoms with Crippen molar-refractivity contribution in [1.82, 2.24) is 15.1 Å². The first-order valence-electron chi connectivity index (χ1n) is 8.02. The van der Waals surface area contributed by atoms with E-state index in [-0.39, 0.29) is 6.61 Å². The van der Waals surface area contributed by atoms with Gasteiger partial charge in [0.2, 0.25) is 0 Å². The maximum absolute atomic E-state index is 9.06. The van der Waals surface area contributed by atoms with Crippen molar-refractivity contribution in [2.45, 2.75) is 53.3 Å². The van der Waals surface area contributed by atoms with Crippen LogP contribution in [0.15, 0.2) is 24.3 Å². The van der Waals surface area contributed by atoms with Crippen molar-refractivity contribution in [3.05, 3.63) is 52.3 Å². The van der Waals surface area contributed by atoms with E-state index in [1.807, 2.05) is 12.1 Å². The number of hydrogen-bond donors (Lipinski definition) is 2. The van der Waals surface area contributed by atoms with E-state index >= 15 is 0 Å². The van der Waals surface area contributed by atoms with Gasteiger partial charge in [-0.05, 0) is 51.8 Å². The molecule has 0 aliphatic carbocycles. The van der Waals surface area contributed by atoms with Crippen molar-refractivity contribution >= 4 is 0 Å². The van der Waals surface area contributed by atoms with Crippen molar-refractivity contribution in [2.24, 2.45) is 0 Å². The Morgan fingerprint density at radius 2 is 1.82 bits per heavy atom. The Morgan fingerprint density at radius 1 is 1.18 bits per heavy atom. The predicted octanol–water partition coefficient (Wildman–Crippen LogP) is 2.91. The van der Waals surface area contributed by atoms with E-state index in [0.29, 0.717) is 6.04 Å². The average molecular weight is 301 g/mol. The van der Waals surface area contributed by atoms with Gasteiger partial charge in [0.05, 0.1) is 12.3 Å². The van der Waals surface area contributed by atoms with Crippen molar-refractivity contribution in [3.8, 4) is 0 Å². The molecule has 4 heteroatoms. The summed E-state index contributed by atoms with van der Waals surface area (Å²) < 4.78 is 2.07. The van der Waals surface area contributed by atoms with Gasteiger partial charge in [-0.1, -0.05) is 24.3 Å². The molecule has 2 N–H and O–H groups in total. The van der Waals surface area contributed by atoms with Crippen LogP contribution in [-0.4, -0.2) is 21.4 Å². The molecule has 0 saturated heterocycles. The molecule has 1 aromatic carbocycles. The summed E-state index contributed by atoms with van der Waals surface area (Å²) in [6.07, 6.45) is 0.982. The zero-order valence-corrected chi connectivity index (χ0v) is 14.1. The summed E-state index contributed by atoms with van der Waals surface area (Å²) >= 11 is 0. The number of aromatic nitrogens is 2. The van der Waals surface area contributed by atoms with E-state index in [1.165, 1.54) is 16.8 Å². The summed E-state index contributed by atoms with van der Waals surface area (Å²) in [6, 6.07) is 8.45. The van der Waals surface area contributed by atoms with Crippen LogP contribution in [0.3, 0.4) is 0 Å². The van der Waals surface area contributed by atoms with Gasteiger partial charge in [0.1, 0.15) is 0 Å². The summed E-state index contributed by atoms with van der Waals surface area (Å²) in [7, 11) is 0. The summed E-state index contributed by atoms with van der Waals surface area (Å²) in [5, 5.41) is 17.2. The molecule has 0 saturated carbocycles. The maximum Gasteiger partial charge on any atom is 0.0681 e. The highest BCUT2D eigenvalue weighted by Gasteiger charge is 2.16. The molecule has 0 aliphatic heterocycles. The molecule has 1 aromatic heterocycles. The standard InChI is InChI=1S/C18H27N3O/c1-5-21-15(4)18(14(3)20-21)13(2)19-11-10-16-6-8-17(12-22)9-7-16/h6-9,13,19,22H,5,10-12H2,1-4H3. The van der Waals surface area contributed by atoms with Gasteiger partial charge in [-0.15, -0.1) is 0 Å². The van der Waals surface area contributed by atoms with Crippen molar-refractivity contribution in [3.63, 3.8) is 0 Å². The van der Waals surface area contributed by atoms with Gasteiger partial charge in [-0.3, -0.25) is 4.68 Å². The van der Waals surface area contributed by atoms with Crippen molar-refractivity contribution in [2.75, 3.05) is 6.54 Å². The summed E-state index contributed by atoms with van der Waals surface area (Å²) in [5.74, 6) is 0. The SMILES string of the molecule is CCn1nc(C)c(C(C)NCCc2ccc(CO)cc2)c1C. The third-order valence-corrected chi connectivity index (χ3v) is 4.24. The second-order valence-electron chi connectivity index (χ2n) is 5.80. The van der Waals surface area contributed by atoms with Crippen LogP contribution in [0.1, 0.15) is 48.0 Å². The van der Waals surface area contributed by atoms with E-state index in [0.717, 1.165) is 30.8 Å². The lowest BCUT2D eigenvalue weighted by atomic mass is 10.1. The Balaban J connectivity index is 1.92. The lowest BCUT2D eigenvalue weighted by Crippen LogP contribution is -2.22. The first-order valence-corrected chi connectivity index (χ1v) is 8.02. The first kappa shape index (κ1) is 16.7. The molecule has 0 aliphatic rings. The highest BCUT2D eigenvalue weighted by molar-refractivity contribution is 5.28. The number of nitrogens with zero attached hydrogens (tertiary/aromatic N) is 2. The molecular formula is C18H27N3O. The second-order valence-corrected chi connectivity index (χ2v) is 5.80. The van der Waals surface area contributed by atoms with Crippen LogP contribution in [0.4, 0.5) is 0 Å². The number of hydrogen-bond acceptors (Lipinski definition) is 3. The molecule has 4 nitrogen and oxygen atoms in total. The second kappa shape index (κ2) is 7.56. The lowest BCUT2D eigenvalue weighted by Gasteiger charge is -2.15. The van der Waals surface area contributed by atoms with Crippen LogP contribution >= 0.6 is 0 Å². The zero-order valence-electron chi connectivity index (χ0n) is 14.1. The normalized spacial score (nSPS) is 12.6. The number of aliphatic hydroxyl groups is 1. The Kier molecular flexibility index (Phi) is 5.75. The topological polar surface area (TPSA) is 50.1 Å². The maximum atomic E-state index is 9.06. The fraction of sp³-hybridized carbons (Fsp3) is 0.500. The van der Waals surface area contributed by atoms with E-state index in [1.54, 1.807) is 0 Å². The quantitative estimate of drug-likeness (QED) is 0.827. The fourth-order valence-electron chi connectivity index (χ4n) is 2.99. The molecule has 0 fully saturated rings. The smallest absolute Gasteiger partial charge is 0.0681 e. The Labute approximate surface area is 133 Å². The summed E-state index contributed by atoms with van der Waals surface area (Å²) in [6.45, 7) is 10.5. The fourth-order valence-corrected chi connectivity index (χ4v) is 2.99. The van der Waals surface area contributed by atoms with Gasteiger partial charge in [0.25, 0.3) is 0 Å². The third kappa shape index (κ3) is 3.76. The van der Waals surface area contributed by atoms with Crippen LogP contribution in [-0.2, 0) is 19.6 Å². The highest BCUT2D eigenvalue weighted by Crippen LogP contribution is 2.21. The lowest BCUT2D eigenvalue weighted by molar-refractivity contribution is 0.282. The molecule has 0 bridgehead atoms. The molecule has 1 unspecified atom stereocenters. The van der Waals surface area contributed by atoms with Crippen LogP contribution in [0.25, 0.3) is 0 Å². The molecule has 0 radical (unpaired) electrons. The number of rotatable bonds is 7. The van der Waals surface area contributed by atoms with Gasteiger partial charge in [-0.2, -0.15) is 5.10 Å². The van der Waals surface area contributed by atoms with E-state index in [4.69, 9.17) is 5.11 Å². The number of nitrogens with one attached hydrogen (secondary N) is 1. The summed E-state index contributed by atoms with van der Waals surface area (Å²) in [4.78, 5) is 0. The Bertz CT molecular complexity index is 602. The zero-order chi connectivity index (χ0) is 16.1. The van der Waals surface area contributed by atoms with Crippen LogP contribution < -0.4 is 5.32 Å². The number of aliphatic hydroxyl groups excluding tert-OH is 1. The van der Waals surface area contributed by atoms with Crippen molar-refractivity contribution < 1.29 is 5.11 Å². The molecule has 0 amide bonds. The molecule has 1 atom stereocenters. The highest BCUT2D eigenvalue weighted by atomic mass is 16.3. The minimum Gasteiger partial charge on any atom is -0.392 e. The molecule has 22 heavy (non-hydrogen) atoms. The molecule has 1 heterocycles. The van der Waals surface area contributed by atoms with Gasteiger partial charge in [-0.25, -0.2) is 0 Å². The van der Waals surface area contributed by atoms with Gasteiger partial charge in [0, 0.05) is 23.8 Å². The number of benzene rings is 1. The van der Waals surface area contributed by atoms with Crippen molar-refractivity contribution in [1.29, 1.82) is 0 Å². The van der Waals surface area contributed by atoms with Crippen LogP contribution in [0.5, 0.6) is 0 Å². The first-order chi connectivity index (χ1) is 10.6. The molecule has 2 aromatic rings. The molecular weight excluding hydrogens is 274 g/mol. The van der Waals surface area contributed by atoms with Gasteiger partial charge in [0.15, 0.2) is 0 Å². The van der Waals surface area contributed by atoms with E-state index < -0.39 is 0 Å². The minimum absolute atomic E-state index is 0.107. The molecule has 0 spiro atoms. The molecule has 120 valence electrons. The largest absolute Gasteiger partial charge is 0.392 e. The van der Waals surface area contributed by atoms with Gasteiger partial charge < -0.3 is 10.4 Å². The van der Waals surface area contributed by atoms with E-state index in [2.05, 4.69) is 54.9 Å².